The van der Waals surface area contributed by atoms with Crippen LogP contribution in [0, 0.1) is 0 Å². The van der Waals surface area contributed by atoms with Gasteiger partial charge in [0.1, 0.15) is 5.25 Å². The summed E-state index contributed by atoms with van der Waals surface area (Å²) in [6, 6.07) is 4.53. The van der Waals surface area contributed by atoms with Crippen LogP contribution in [-0.4, -0.2) is 45.7 Å². The molecule has 1 aromatic rings. The van der Waals surface area contributed by atoms with Crippen molar-refractivity contribution in [2.75, 3.05) is 30.4 Å². The van der Waals surface area contributed by atoms with Gasteiger partial charge in [-0.05, 0) is 25.1 Å². The number of nitrogens with one attached hydrogen (secondary N) is 1. The van der Waals surface area contributed by atoms with Crippen molar-refractivity contribution < 1.29 is 26.6 Å². The van der Waals surface area contributed by atoms with E-state index in [0.717, 1.165) is 4.90 Å². The van der Waals surface area contributed by atoms with Gasteiger partial charge in [0.25, 0.3) is 0 Å². The molecule has 2 rings (SSSR count). The fourth-order valence-corrected chi connectivity index (χ4v) is 3.07. The number of ether oxygens (including phenoxy) is 1. The molecule has 9 heteroatoms. The molecular weight excluding hydrogens is 327 g/mol. The summed E-state index contributed by atoms with van der Waals surface area (Å²) in [5, 5.41) is 1.46. The van der Waals surface area contributed by atoms with E-state index in [9.17, 15) is 21.9 Å². The van der Waals surface area contributed by atoms with Gasteiger partial charge in [-0.3, -0.25) is 4.79 Å². The average Bonchev–Trinajstić information content (AvgIpc) is 2.89. The second-order valence-corrected chi connectivity index (χ2v) is 6.63. The average molecular weight is 344 g/mol. The number of hydrogen-bond acceptors (Lipinski definition) is 6. The Bertz CT molecular complexity index is 735. The Morgan fingerprint density at radius 2 is 2.17 bits per heavy atom. The maximum Gasteiger partial charge on any atom is 0.338 e. The zero-order chi connectivity index (χ0) is 17.2. The van der Waals surface area contributed by atoms with Gasteiger partial charge in [-0.25, -0.2) is 4.79 Å². The largest absolute Gasteiger partial charge is 0.462 e. The lowest BCUT2D eigenvalue weighted by atomic mass is 10.1. The number of hydrogen-bond donors (Lipinski definition) is 1. The first-order valence-electron chi connectivity index (χ1n) is 7.00. The van der Waals surface area contributed by atoms with E-state index in [4.69, 9.17) is 4.74 Å². The summed E-state index contributed by atoms with van der Waals surface area (Å²) in [6.45, 7) is 1.58. The molecule has 1 unspecified atom stereocenters. The summed E-state index contributed by atoms with van der Waals surface area (Å²) >= 11 is 0. The molecule has 1 aromatic carbocycles. The van der Waals surface area contributed by atoms with Crippen LogP contribution >= 0.6 is 0 Å². The molecule has 0 spiro atoms. The van der Waals surface area contributed by atoms with Gasteiger partial charge >= 0.3 is 16.2 Å². The van der Waals surface area contributed by atoms with Crippen LogP contribution in [-0.2, 0) is 19.8 Å². The lowest BCUT2D eigenvalue weighted by Gasteiger charge is -2.20. The molecule has 1 aliphatic rings. The molecule has 126 valence electrons. The number of rotatable bonds is 5. The maximum absolute atomic E-state index is 13.2. The van der Waals surface area contributed by atoms with Crippen molar-refractivity contribution in [2.45, 2.75) is 18.6 Å². The Morgan fingerprint density at radius 3 is 2.70 bits per heavy atom. The van der Waals surface area contributed by atoms with Crippen LogP contribution in [0.4, 0.5) is 15.3 Å². The molecule has 1 saturated heterocycles. The lowest BCUT2D eigenvalue weighted by molar-refractivity contribution is -0.117. The smallest absolute Gasteiger partial charge is 0.338 e. The Labute approximate surface area is 133 Å². The molecule has 1 N–H and O–H groups in total. The molecule has 23 heavy (non-hydrogen) atoms. The number of halogens is 1. The monoisotopic (exact) mass is 344 g/mol. The quantitative estimate of drug-likeness (QED) is 0.639. The molecule has 0 aliphatic carbocycles. The van der Waals surface area contributed by atoms with E-state index in [-0.39, 0.29) is 18.7 Å². The number of anilines is 2. The highest BCUT2D eigenvalue weighted by Crippen LogP contribution is 2.32. The minimum absolute atomic E-state index is 0.201. The second kappa shape index (κ2) is 6.53. The minimum Gasteiger partial charge on any atom is -0.462 e. The molecule has 1 fully saturated rings. The number of carbonyl (C=O) groups is 2. The zero-order valence-electron chi connectivity index (χ0n) is 12.7. The van der Waals surface area contributed by atoms with E-state index in [0.29, 0.717) is 11.4 Å². The van der Waals surface area contributed by atoms with Gasteiger partial charge in [0, 0.05) is 20.0 Å². The van der Waals surface area contributed by atoms with Crippen molar-refractivity contribution in [1.82, 2.24) is 0 Å². The fourth-order valence-electron chi connectivity index (χ4n) is 2.40. The molecule has 1 atom stereocenters. The summed E-state index contributed by atoms with van der Waals surface area (Å²) in [4.78, 5) is 25.0. The fraction of sp³-hybridized carbons (Fsp3) is 0.429. The van der Waals surface area contributed by atoms with Crippen LogP contribution in [0.3, 0.4) is 0 Å². The van der Waals surface area contributed by atoms with Crippen LogP contribution < -0.4 is 10.2 Å². The van der Waals surface area contributed by atoms with Crippen molar-refractivity contribution in [2.24, 2.45) is 0 Å². The van der Waals surface area contributed by atoms with Crippen molar-refractivity contribution >= 4 is 33.5 Å². The van der Waals surface area contributed by atoms with Crippen LogP contribution in [0.2, 0.25) is 0 Å². The molecule has 1 aliphatic heterocycles. The van der Waals surface area contributed by atoms with Crippen LogP contribution in [0.1, 0.15) is 23.7 Å². The number of carbonyl (C=O) groups excluding carboxylic acids is 2. The molecule has 0 bridgehead atoms. The summed E-state index contributed by atoms with van der Waals surface area (Å²) < 4.78 is 40.1. The third-order valence-electron chi connectivity index (χ3n) is 3.56. The summed E-state index contributed by atoms with van der Waals surface area (Å²) in [5.41, 5.74) is 1.05. The molecule has 1 amide bonds. The van der Waals surface area contributed by atoms with Gasteiger partial charge in [0.15, 0.2) is 0 Å². The van der Waals surface area contributed by atoms with Gasteiger partial charge in [-0.1, -0.05) is 0 Å². The topological polar surface area (TPSA) is 92.8 Å². The van der Waals surface area contributed by atoms with Gasteiger partial charge in [0.05, 0.1) is 23.5 Å². The van der Waals surface area contributed by atoms with Crippen LogP contribution in [0.15, 0.2) is 18.2 Å². The van der Waals surface area contributed by atoms with Crippen LogP contribution in [0.5, 0.6) is 0 Å². The zero-order valence-corrected chi connectivity index (χ0v) is 13.5. The molecule has 7 nitrogen and oxygen atoms in total. The Morgan fingerprint density at radius 1 is 1.48 bits per heavy atom. The van der Waals surface area contributed by atoms with Crippen molar-refractivity contribution in [1.29, 1.82) is 0 Å². The number of nitrogens with zero attached hydrogens (tertiary/aromatic N) is 1. The minimum atomic E-state index is -4.81. The lowest BCUT2D eigenvalue weighted by Crippen LogP contribution is -2.28. The van der Waals surface area contributed by atoms with Gasteiger partial charge in [-0.2, -0.15) is 8.42 Å². The van der Waals surface area contributed by atoms with E-state index in [2.05, 4.69) is 5.32 Å². The predicted octanol–water partition coefficient (Wildman–Crippen LogP) is 1.31. The normalized spacial score (nSPS) is 18.1. The SMILES string of the molecule is CCOC(=O)c1ccc(NC)c(N2CC(S(=O)(=O)F)CC2=O)c1. The first-order chi connectivity index (χ1) is 10.8. The Balaban J connectivity index is 2.39. The Kier molecular flexibility index (Phi) is 4.88. The van der Waals surface area contributed by atoms with E-state index < -0.39 is 33.8 Å². The Hall–Kier alpha value is -2.16. The van der Waals surface area contributed by atoms with Crippen molar-refractivity contribution in [3.8, 4) is 0 Å². The predicted molar refractivity (Wildman–Crippen MR) is 82.7 cm³/mol. The third kappa shape index (κ3) is 3.61. The first-order valence-corrected chi connectivity index (χ1v) is 8.45. The van der Waals surface area contributed by atoms with Gasteiger partial charge in [-0.15, -0.1) is 3.89 Å². The number of amides is 1. The summed E-state index contributed by atoms with van der Waals surface area (Å²) in [5.74, 6) is -1.08. The van der Waals surface area contributed by atoms with E-state index in [1.54, 1.807) is 20.0 Å². The number of benzene rings is 1. The summed E-state index contributed by atoms with van der Waals surface area (Å²) in [7, 11) is -3.19. The maximum atomic E-state index is 13.2. The highest BCUT2D eigenvalue weighted by molar-refractivity contribution is 7.87. The van der Waals surface area contributed by atoms with Gasteiger partial charge in [0.2, 0.25) is 5.91 Å². The van der Waals surface area contributed by atoms with Crippen molar-refractivity contribution in [3.05, 3.63) is 23.8 Å². The number of esters is 1. The first kappa shape index (κ1) is 17.2. The van der Waals surface area contributed by atoms with Crippen molar-refractivity contribution in [3.63, 3.8) is 0 Å². The van der Waals surface area contributed by atoms with Gasteiger partial charge < -0.3 is 15.0 Å². The molecular formula is C14H17FN2O5S. The second-order valence-electron chi connectivity index (χ2n) is 5.01. The highest BCUT2D eigenvalue weighted by Gasteiger charge is 2.39. The molecule has 0 radical (unpaired) electrons. The third-order valence-corrected chi connectivity index (χ3v) is 4.67. The molecule has 0 saturated carbocycles. The molecule has 1 heterocycles. The van der Waals surface area contributed by atoms with E-state index in [1.165, 1.54) is 12.1 Å². The molecule has 0 aromatic heterocycles. The summed E-state index contributed by atoms with van der Waals surface area (Å²) in [6.07, 6.45) is -0.425. The highest BCUT2D eigenvalue weighted by atomic mass is 32.3. The van der Waals surface area contributed by atoms with E-state index in [1.807, 2.05) is 0 Å². The standard InChI is InChI=1S/C14H17FN2O5S/c1-3-22-14(19)9-4-5-11(16-2)12(6-9)17-8-10(7-13(17)18)23(15,20)21/h4-6,10,16H,3,7-8H2,1-2H3. The van der Waals surface area contributed by atoms with Crippen LogP contribution in [0.25, 0.3) is 0 Å². The van der Waals surface area contributed by atoms with E-state index >= 15 is 0 Å².